The lowest BCUT2D eigenvalue weighted by Gasteiger charge is -2.27. The highest BCUT2D eigenvalue weighted by molar-refractivity contribution is 5.96. The molecule has 2 amide bonds. The zero-order chi connectivity index (χ0) is 26.5. The molecule has 1 aliphatic heterocycles. The van der Waals surface area contributed by atoms with Crippen molar-refractivity contribution in [3.63, 3.8) is 0 Å². The highest BCUT2D eigenvalue weighted by Crippen LogP contribution is 2.33. The number of nitrogens with zero attached hydrogens (tertiary/aromatic N) is 4. The fraction of sp³-hybridized carbons (Fsp3) is 0.516. The molecular weight excluding hydrogens is 460 g/mol. The van der Waals surface area contributed by atoms with Crippen LogP contribution >= 0.6 is 0 Å². The van der Waals surface area contributed by atoms with Crippen molar-refractivity contribution in [1.29, 1.82) is 0 Å². The van der Waals surface area contributed by atoms with Gasteiger partial charge in [-0.25, -0.2) is 4.98 Å². The smallest absolute Gasteiger partial charge is 0.242 e. The average molecular weight is 503 g/mol. The van der Waals surface area contributed by atoms with E-state index in [4.69, 9.17) is 4.98 Å². The molecule has 37 heavy (non-hydrogen) atoms. The topological polar surface area (TPSA) is 58.4 Å². The van der Waals surface area contributed by atoms with Crippen molar-refractivity contribution >= 4 is 28.5 Å². The van der Waals surface area contributed by atoms with Crippen molar-refractivity contribution in [3.05, 3.63) is 59.9 Å². The summed E-state index contributed by atoms with van der Waals surface area (Å²) in [5, 5.41) is 0. The third kappa shape index (κ3) is 6.41. The summed E-state index contributed by atoms with van der Waals surface area (Å²) in [6.45, 7) is 13.1. The first-order valence-electron chi connectivity index (χ1n) is 13.9. The third-order valence-corrected chi connectivity index (χ3v) is 7.06. The predicted octanol–water partition coefficient (Wildman–Crippen LogP) is 6.04. The molecule has 1 unspecified atom stereocenters. The molecule has 1 aromatic heterocycles. The summed E-state index contributed by atoms with van der Waals surface area (Å²) in [6, 6.07) is 16.4. The maximum absolute atomic E-state index is 13.5. The van der Waals surface area contributed by atoms with E-state index >= 15 is 0 Å². The third-order valence-electron chi connectivity index (χ3n) is 7.06. The van der Waals surface area contributed by atoms with Crippen LogP contribution in [0.2, 0.25) is 0 Å². The minimum atomic E-state index is -0.0592. The fourth-order valence-electron chi connectivity index (χ4n) is 5.32. The summed E-state index contributed by atoms with van der Waals surface area (Å²) < 4.78 is 2.06. The van der Waals surface area contributed by atoms with E-state index in [-0.39, 0.29) is 24.3 Å². The Morgan fingerprint density at radius 3 is 2.35 bits per heavy atom. The molecule has 198 valence electrons. The van der Waals surface area contributed by atoms with Crippen LogP contribution in [-0.2, 0) is 22.6 Å². The maximum Gasteiger partial charge on any atom is 0.242 e. The molecule has 0 bridgehead atoms. The van der Waals surface area contributed by atoms with Gasteiger partial charge >= 0.3 is 0 Å². The lowest BCUT2D eigenvalue weighted by Crippen LogP contribution is -2.39. The van der Waals surface area contributed by atoms with E-state index in [1.54, 1.807) is 0 Å². The first-order valence-corrected chi connectivity index (χ1v) is 13.9. The van der Waals surface area contributed by atoms with Gasteiger partial charge in [-0.15, -0.1) is 0 Å². The normalized spacial score (nSPS) is 15.9. The Hall–Kier alpha value is -3.15. The molecule has 0 spiro atoms. The Balaban J connectivity index is 1.59. The van der Waals surface area contributed by atoms with Gasteiger partial charge in [0.25, 0.3) is 0 Å². The van der Waals surface area contributed by atoms with E-state index in [1.807, 2.05) is 34.1 Å². The largest absolute Gasteiger partial charge is 0.341 e. The van der Waals surface area contributed by atoms with Crippen molar-refractivity contribution in [3.8, 4) is 0 Å². The zero-order valence-corrected chi connectivity index (χ0v) is 23.1. The quantitative estimate of drug-likeness (QED) is 0.321. The number of fused-ring (bicyclic) bond motifs is 1. The zero-order valence-electron chi connectivity index (χ0n) is 23.1. The number of anilines is 1. The first kappa shape index (κ1) is 26.9. The number of aromatic nitrogens is 2. The Labute approximate surface area is 221 Å². The van der Waals surface area contributed by atoms with Crippen LogP contribution in [0.1, 0.15) is 71.2 Å². The van der Waals surface area contributed by atoms with Gasteiger partial charge in [-0.1, -0.05) is 65.3 Å². The molecule has 0 aliphatic carbocycles. The van der Waals surface area contributed by atoms with Gasteiger partial charge in [0.05, 0.1) is 11.0 Å². The van der Waals surface area contributed by atoms with Crippen LogP contribution in [0, 0.1) is 11.8 Å². The van der Waals surface area contributed by atoms with Gasteiger partial charge < -0.3 is 14.4 Å². The summed E-state index contributed by atoms with van der Waals surface area (Å²) in [7, 11) is 0. The Morgan fingerprint density at radius 2 is 1.70 bits per heavy atom. The molecule has 0 N–H and O–H groups in total. The number of carbonyl (C=O) groups excluding carboxylic acids is 2. The second-order valence-electron chi connectivity index (χ2n) is 11.3. The number of benzene rings is 2. The van der Waals surface area contributed by atoms with Gasteiger partial charge in [-0.2, -0.15) is 0 Å². The SMILES string of the molecule is CCCCc1ccc(N2CC(c3nc4ccccc4n3CC(=O)N(CC(C)C)CC(C)C)CC2=O)cc1. The number of amides is 2. The number of carbonyl (C=O) groups is 2. The van der Waals surface area contributed by atoms with Crippen molar-refractivity contribution < 1.29 is 9.59 Å². The lowest BCUT2D eigenvalue weighted by molar-refractivity contribution is -0.132. The van der Waals surface area contributed by atoms with Crippen LogP contribution in [0.5, 0.6) is 0 Å². The molecule has 1 fully saturated rings. The van der Waals surface area contributed by atoms with E-state index in [1.165, 1.54) is 18.4 Å². The molecule has 1 atom stereocenters. The van der Waals surface area contributed by atoms with Gasteiger partial charge in [0.1, 0.15) is 12.4 Å². The summed E-state index contributed by atoms with van der Waals surface area (Å²) in [6.07, 6.45) is 3.81. The molecule has 1 saturated heterocycles. The number of unbranched alkanes of at least 4 members (excludes halogenated alkanes) is 1. The van der Waals surface area contributed by atoms with Gasteiger partial charge in [-0.3, -0.25) is 9.59 Å². The van der Waals surface area contributed by atoms with Crippen molar-refractivity contribution in [1.82, 2.24) is 14.5 Å². The molecule has 4 rings (SSSR count). The molecule has 3 aromatic rings. The van der Waals surface area contributed by atoms with E-state index in [0.717, 1.165) is 42.1 Å². The number of hydrogen-bond acceptors (Lipinski definition) is 3. The van der Waals surface area contributed by atoms with Crippen LogP contribution in [-0.4, -0.2) is 45.9 Å². The van der Waals surface area contributed by atoms with Crippen LogP contribution in [0.15, 0.2) is 48.5 Å². The summed E-state index contributed by atoms with van der Waals surface area (Å²) in [4.78, 5) is 35.5. The molecule has 0 saturated carbocycles. The van der Waals surface area contributed by atoms with Crippen LogP contribution in [0.4, 0.5) is 5.69 Å². The summed E-state index contributed by atoms with van der Waals surface area (Å²) >= 11 is 0. The van der Waals surface area contributed by atoms with Crippen molar-refractivity contribution in [2.45, 2.75) is 72.8 Å². The van der Waals surface area contributed by atoms with E-state index < -0.39 is 0 Å². The van der Waals surface area contributed by atoms with Gasteiger partial charge in [0.15, 0.2) is 0 Å². The monoisotopic (exact) mass is 502 g/mol. The molecule has 6 heteroatoms. The predicted molar refractivity (Wildman–Crippen MR) is 151 cm³/mol. The van der Waals surface area contributed by atoms with Crippen molar-refractivity contribution in [2.75, 3.05) is 24.5 Å². The highest BCUT2D eigenvalue weighted by Gasteiger charge is 2.35. The second-order valence-corrected chi connectivity index (χ2v) is 11.3. The Kier molecular flexibility index (Phi) is 8.67. The van der Waals surface area contributed by atoms with Crippen molar-refractivity contribution in [2.24, 2.45) is 11.8 Å². The Morgan fingerprint density at radius 1 is 1.03 bits per heavy atom. The number of hydrogen-bond donors (Lipinski definition) is 0. The molecular formula is C31H42N4O2. The number of aryl methyl sites for hydroxylation is 1. The summed E-state index contributed by atoms with van der Waals surface area (Å²) in [5.41, 5.74) is 4.06. The second kappa shape index (κ2) is 11.9. The minimum Gasteiger partial charge on any atom is -0.341 e. The van der Waals surface area contributed by atoms with Crippen LogP contribution in [0.25, 0.3) is 11.0 Å². The number of imidazole rings is 1. The standard InChI is InChI=1S/C31H42N4O2/c1-6-7-10-24-13-15-26(16-14-24)34-20-25(17-29(34)36)31-32-27-11-8-9-12-28(27)35(31)21-30(37)33(18-22(2)3)19-23(4)5/h8-9,11-16,22-23,25H,6-7,10,17-21H2,1-5H3. The maximum atomic E-state index is 13.5. The van der Waals surface area contributed by atoms with Crippen LogP contribution < -0.4 is 4.90 Å². The van der Waals surface area contributed by atoms with E-state index in [2.05, 4.69) is 63.5 Å². The van der Waals surface area contributed by atoms with E-state index in [0.29, 0.717) is 24.8 Å². The van der Waals surface area contributed by atoms with Gasteiger partial charge in [0, 0.05) is 37.7 Å². The van der Waals surface area contributed by atoms with Crippen LogP contribution in [0.3, 0.4) is 0 Å². The van der Waals surface area contributed by atoms with E-state index in [9.17, 15) is 9.59 Å². The Bertz CT molecular complexity index is 1200. The molecule has 2 aromatic carbocycles. The summed E-state index contributed by atoms with van der Waals surface area (Å²) in [5.74, 6) is 1.79. The molecule has 0 radical (unpaired) electrons. The number of para-hydroxylation sites is 2. The fourth-order valence-corrected chi connectivity index (χ4v) is 5.32. The molecule has 2 heterocycles. The highest BCUT2D eigenvalue weighted by atomic mass is 16.2. The van der Waals surface area contributed by atoms with Gasteiger partial charge in [-0.05, 0) is 54.5 Å². The average Bonchev–Trinajstić information content (AvgIpc) is 3.42. The lowest BCUT2D eigenvalue weighted by atomic mass is 10.1. The molecule has 1 aliphatic rings. The van der Waals surface area contributed by atoms with Gasteiger partial charge in [0.2, 0.25) is 11.8 Å². The number of rotatable bonds is 11. The first-order chi connectivity index (χ1) is 17.8. The molecule has 6 nitrogen and oxygen atoms in total. The minimum absolute atomic E-state index is 0.0592.